The molecule has 2 atom stereocenters. The molecular formula is C54H63ClFN6O9PS3. The number of nitrogens with zero attached hydrogens (tertiary/aromatic N) is 4. The molecule has 3 heterocycles. The van der Waals surface area contributed by atoms with Crippen molar-refractivity contribution in [1.29, 1.82) is 0 Å². The van der Waals surface area contributed by atoms with Crippen LogP contribution in [0.3, 0.4) is 0 Å². The summed E-state index contributed by atoms with van der Waals surface area (Å²) in [7, 11) is -10.1. The summed E-state index contributed by atoms with van der Waals surface area (Å²) >= 11 is 7.91. The molecule has 6 aromatic rings. The van der Waals surface area contributed by atoms with Gasteiger partial charge in [-0.3, -0.25) is 4.52 Å². The molecule has 0 saturated carbocycles. The molecule has 400 valence electrons. The summed E-state index contributed by atoms with van der Waals surface area (Å²) in [6, 6.07) is 34.0. The summed E-state index contributed by atoms with van der Waals surface area (Å²) in [4.78, 5) is 39.1. The highest BCUT2D eigenvalue weighted by Crippen LogP contribution is 2.43. The number of anilines is 4. The minimum atomic E-state index is -4.52. The number of sulfone groups is 1. The number of rotatable bonds is 21. The van der Waals surface area contributed by atoms with Crippen molar-refractivity contribution in [3.05, 3.63) is 137 Å². The maximum atomic E-state index is 15.7. The van der Waals surface area contributed by atoms with Crippen molar-refractivity contribution in [2.75, 3.05) is 84.3 Å². The lowest BCUT2D eigenvalue weighted by Crippen LogP contribution is -2.46. The molecule has 1 unspecified atom stereocenters. The number of hydrogen-bond acceptors (Lipinski definition) is 11. The van der Waals surface area contributed by atoms with Gasteiger partial charge in [0.05, 0.1) is 33.3 Å². The number of phosphoric ester groups is 1. The molecule has 0 amide bonds. The van der Waals surface area contributed by atoms with Crippen LogP contribution in [-0.4, -0.2) is 113 Å². The van der Waals surface area contributed by atoms with Gasteiger partial charge >= 0.3 is 13.8 Å². The summed E-state index contributed by atoms with van der Waals surface area (Å²) < 4.78 is 77.1. The number of piperidine rings is 1. The smallest absolute Gasteiger partial charge is 0.469 e. The van der Waals surface area contributed by atoms with Crippen LogP contribution in [0.15, 0.2) is 130 Å². The van der Waals surface area contributed by atoms with Gasteiger partial charge in [0.1, 0.15) is 16.8 Å². The monoisotopic (exact) mass is 1120 g/mol. The number of aromatic nitrogens is 1. The lowest BCUT2D eigenvalue weighted by Gasteiger charge is -2.37. The van der Waals surface area contributed by atoms with E-state index < -0.39 is 40.4 Å². The first kappa shape index (κ1) is 56.0. The van der Waals surface area contributed by atoms with Crippen LogP contribution in [0.1, 0.15) is 55.2 Å². The number of likely N-dealkylation sites (tertiary alicyclic amines) is 1. The van der Waals surface area contributed by atoms with E-state index in [0.29, 0.717) is 83.0 Å². The number of aromatic carboxylic acids is 1. The van der Waals surface area contributed by atoms with E-state index in [4.69, 9.17) is 25.9 Å². The molecule has 75 heavy (non-hydrogen) atoms. The Hall–Kier alpha value is -5.21. The van der Waals surface area contributed by atoms with E-state index >= 15 is 4.39 Å². The fourth-order valence-electron chi connectivity index (χ4n) is 9.91. The minimum Gasteiger partial charge on any atom is -0.478 e. The number of hydrogen-bond donors (Lipinski definition) is 5. The van der Waals surface area contributed by atoms with E-state index in [2.05, 4.69) is 24.7 Å². The fourth-order valence-corrected chi connectivity index (χ4v) is 13.3. The predicted octanol–water partition coefficient (Wildman–Crippen LogP) is 10.9. The SMILES string of the molecule is Cc1c(C(=O)O)c(-c2cc(F)cc(N3CCN(c4ccc(NS(=O)c5ccc(N[C@H](CCN6CCC(COP(=O)(O)O)CC6)CSc6ccccc6)c(S(C)(=O)=O)c5)cc4)CC3)c2)c(-c2ccc(Cl)cc2)n1C(C)C. The number of carboxylic acids is 1. The van der Waals surface area contributed by atoms with Gasteiger partial charge < -0.3 is 44.2 Å². The zero-order valence-electron chi connectivity index (χ0n) is 42.2. The first-order chi connectivity index (χ1) is 35.7. The number of carboxylic acid groups (broad SMARTS) is 1. The number of thioether (sulfide) groups is 1. The van der Waals surface area contributed by atoms with Crippen LogP contribution in [0.5, 0.6) is 0 Å². The molecule has 0 aliphatic carbocycles. The zero-order valence-corrected chi connectivity index (χ0v) is 46.3. The lowest BCUT2D eigenvalue weighted by atomic mass is 9.96. The molecule has 2 aliphatic rings. The third-order valence-electron chi connectivity index (χ3n) is 13.7. The van der Waals surface area contributed by atoms with Gasteiger partial charge in [-0.25, -0.2) is 26.4 Å². The Morgan fingerprint density at radius 1 is 0.880 bits per heavy atom. The van der Waals surface area contributed by atoms with Gasteiger partial charge in [0, 0.05) is 95.1 Å². The third-order valence-corrected chi connectivity index (χ3v) is 17.8. The molecule has 21 heteroatoms. The van der Waals surface area contributed by atoms with Crippen molar-refractivity contribution in [3.8, 4) is 22.4 Å². The Bertz CT molecular complexity index is 3150. The predicted molar refractivity (Wildman–Crippen MR) is 299 cm³/mol. The van der Waals surface area contributed by atoms with Crippen LogP contribution in [0.4, 0.5) is 27.1 Å². The van der Waals surface area contributed by atoms with Gasteiger partial charge in [-0.2, -0.15) is 0 Å². The molecule has 8 rings (SSSR count). The highest BCUT2D eigenvalue weighted by atomic mass is 35.5. The largest absolute Gasteiger partial charge is 0.478 e. The number of nitrogens with one attached hydrogen (secondary N) is 2. The van der Waals surface area contributed by atoms with Gasteiger partial charge in [-0.15, -0.1) is 11.8 Å². The molecular weight excluding hydrogens is 1060 g/mol. The normalized spacial score (nSPS) is 15.8. The Labute approximate surface area is 450 Å². The van der Waals surface area contributed by atoms with Crippen LogP contribution >= 0.6 is 31.2 Å². The summed E-state index contributed by atoms with van der Waals surface area (Å²) in [5, 5.41) is 14.6. The molecule has 0 bridgehead atoms. The maximum absolute atomic E-state index is 15.7. The van der Waals surface area contributed by atoms with Gasteiger partial charge in [0.25, 0.3) is 0 Å². The second-order valence-corrected chi connectivity index (χ2v) is 25.3. The first-order valence-electron chi connectivity index (χ1n) is 24.7. The van der Waals surface area contributed by atoms with Crippen molar-refractivity contribution in [1.82, 2.24) is 9.47 Å². The highest BCUT2D eigenvalue weighted by Gasteiger charge is 2.30. The number of piperazine rings is 1. The quantitative estimate of drug-likeness (QED) is 0.0337. The first-order valence-corrected chi connectivity index (χ1v) is 30.7. The summed E-state index contributed by atoms with van der Waals surface area (Å²) in [6.45, 7) is 10.4. The molecule has 5 N–H and O–H groups in total. The van der Waals surface area contributed by atoms with Gasteiger partial charge in [-0.05, 0) is 155 Å². The molecule has 15 nitrogen and oxygen atoms in total. The van der Waals surface area contributed by atoms with Crippen molar-refractivity contribution in [2.45, 2.75) is 66.8 Å². The van der Waals surface area contributed by atoms with Crippen LogP contribution in [0.2, 0.25) is 5.02 Å². The lowest BCUT2D eigenvalue weighted by molar-refractivity contribution is 0.0696. The third kappa shape index (κ3) is 14.4. The van der Waals surface area contributed by atoms with Crippen LogP contribution < -0.4 is 19.8 Å². The Morgan fingerprint density at radius 2 is 1.53 bits per heavy atom. The molecule has 2 saturated heterocycles. The van der Waals surface area contributed by atoms with Gasteiger partial charge in [0.2, 0.25) is 0 Å². The summed E-state index contributed by atoms with van der Waals surface area (Å²) in [6.07, 6.45) is 3.32. The van der Waals surface area contributed by atoms with E-state index in [1.807, 2.05) is 91.2 Å². The van der Waals surface area contributed by atoms with Crippen LogP contribution in [-0.2, 0) is 29.9 Å². The van der Waals surface area contributed by atoms with Crippen molar-refractivity contribution < 1.29 is 45.8 Å². The maximum Gasteiger partial charge on any atom is 0.469 e. The van der Waals surface area contributed by atoms with E-state index in [1.165, 1.54) is 18.2 Å². The minimum absolute atomic E-state index is 0.0152. The molecule has 0 radical (unpaired) electrons. The number of benzene rings is 5. The van der Waals surface area contributed by atoms with E-state index in [-0.39, 0.29) is 40.0 Å². The average molecular weight is 1120 g/mol. The zero-order chi connectivity index (χ0) is 53.6. The van der Waals surface area contributed by atoms with Crippen LogP contribution in [0, 0.1) is 18.7 Å². The van der Waals surface area contributed by atoms with Crippen molar-refractivity contribution in [2.24, 2.45) is 5.92 Å². The molecule has 5 aromatic carbocycles. The Balaban J connectivity index is 0.916. The fraction of sp³-hybridized carbons (Fsp3) is 0.352. The highest BCUT2D eigenvalue weighted by molar-refractivity contribution is 7.99. The second kappa shape index (κ2) is 24.4. The summed E-state index contributed by atoms with van der Waals surface area (Å²) in [5.41, 5.74) is 5.62. The second-order valence-electron chi connectivity index (χ2n) is 19.3. The number of phosphoric acid groups is 1. The Morgan fingerprint density at radius 3 is 2.15 bits per heavy atom. The number of carbonyl (C=O) groups is 1. The molecule has 2 fully saturated rings. The number of halogens is 2. The van der Waals surface area contributed by atoms with Crippen molar-refractivity contribution in [3.63, 3.8) is 0 Å². The van der Waals surface area contributed by atoms with Crippen molar-refractivity contribution >= 4 is 80.7 Å². The van der Waals surface area contributed by atoms with E-state index in [9.17, 15) is 27.1 Å². The van der Waals surface area contributed by atoms with E-state index in [0.717, 1.165) is 54.9 Å². The van der Waals surface area contributed by atoms with Crippen LogP contribution in [0.25, 0.3) is 22.4 Å². The molecule has 1 aromatic heterocycles. The molecule has 0 spiro atoms. The standard InChI is InChI=1S/C54H63ClFN6O9PS3/c1-36(2)62-37(3)51(54(63)64)52(53(62)39-10-12-41(55)13-11-39)40-30-42(56)32-46(31-40)61-28-26-60(27-29-61)45-16-14-43(15-17-45)58-74(68)48-18-19-49(50(33-48)75(4,69)70)57-44(35-73-47-8-6-5-7-9-47)22-25-59-23-20-38(21-24-59)34-71-72(65,66)67/h5-19,30-33,36,38,44,57-58H,20-29,34-35H2,1-4H3,(H,63,64)(H2,65,66,67)/t44-,74?/m1/s1. The van der Waals surface area contributed by atoms with E-state index in [1.54, 1.807) is 43.0 Å². The average Bonchev–Trinajstić information content (AvgIpc) is 3.70. The molecule has 2 aliphatic heterocycles. The van der Waals surface area contributed by atoms with Gasteiger partial charge in [-0.1, -0.05) is 41.9 Å². The summed E-state index contributed by atoms with van der Waals surface area (Å²) in [5.74, 6) is -0.867. The Kier molecular flexibility index (Phi) is 18.2. The topological polar surface area (TPSA) is 194 Å². The van der Waals surface area contributed by atoms with Gasteiger partial charge in [0.15, 0.2) is 9.84 Å².